The maximum Gasteiger partial charge on any atom is 0.129 e. The molecule has 0 aromatic carbocycles. The van der Waals surface area contributed by atoms with Gasteiger partial charge in [0, 0.05) is 42.6 Å². The van der Waals surface area contributed by atoms with Crippen LogP contribution in [0.1, 0.15) is 44.2 Å². The van der Waals surface area contributed by atoms with E-state index in [4.69, 9.17) is 4.98 Å². The van der Waals surface area contributed by atoms with Crippen LogP contribution in [0.25, 0.3) is 0 Å². The molecule has 1 atom stereocenters. The molecule has 2 saturated carbocycles. The molecule has 2 heterocycles. The SMILES string of the molecule is CC1CN(CC2CC2)CCN1c1ccc(Br)c(C2CC2)n1. The molecule has 0 spiro atoms. The Balaban J connectivity index is 1.47. The summed E-state index contributed by atoms with van der Waals surface area (Å²) < 4.78 is 1.19. The van der Waals surface area contributed by atoms with Gasteiger partial charge in [-0.2, -0.15) is 0 Å². The van der Waals surface area contributed by atoms with E-state index in [1.54, 1.807) is 0 Å². The largest absolute Gasteiger partial charge is 0.351 e. The lowest BCUT2D eigenvalue weighted by atomic mass is 10.1. The quantitative estimate of drug-likeness (QED) is 0.827. The third kappa shape index (κ3) is 3.11. The second kappa shape index (κ2) is 5.54. The zero-order valence-electron chi connectivity index (χ0n) is 12.8. The van der Waals surface area contributed by atoms with Crippen molar-refractivity contribution in [3.8, 4) is 0 Å². The third-order valence-corrected chi connectivity index (χ3v) is 5.71. The van der Waals surface area contributed by atoms with E-state index in [1.165, 1.54) is 61.3 Å². The Bertz CT molecular complexity index is 525. The Morgan fingerprint density at radius 2 is 2.00 bits per heavy atom. The van der Waals surface area contributed by atoms with Crippen molar-refractivity contribution in [3.63, 3.8) is 0 Å². The lowest BCUT2D eigenvalue weighted by Gasteiger charge is -2.40. The maximum absolute atomic E-state index is 4.97. The highest BCUT2D eigenvalue weighted by Gasteiger charge is 2.31. The second-order valence-corrected chi connectivity index (χ2v) is 7.91. The molecule has 0 N–H and O–H groups in total. The van der Waals surface area contributed by atoms with Crippen LogP contribution in [0.4, 0.5) is 5.82 Å². The standard InChI is InChI=1S/C17H24BrN3/c1-12-10-20(11-13-2-3-13)8-9-21(12)16-7-6-15(18)17(19-16)14-4-5-14/h6-7,12-14H,2-5,8-11H2,1H3. The summed E-state index contributed by atoms with van der Waals surface area (Å²) in [6, 6.07) is 4.95. The first-order chi connectivity index (χ1) is 10.2. The normalized spacial score (nSPS) is 27.1. The number of hydrogen-bond donors (Lipinski definition) is 0. The fraction of sp³-hybridized carbons (Fsp3) is 0.706. The molecule has 2 aliphatic carbocycles. The Morgan fingerprint density at radius 1 is 1.19 bits per heavy atom. The first-order valence-electron chi connectivity index (χ1n) is 8.36. The summed E-state index contributed by atoms with van der Waals surface area (Å²) >= 11 is 3.66. The molecule has 1 aromatic heterocycles. The maximum atomic E-state index is 4.97. The van der Waals surface area contributed by atoms with Gasteiger partial charge < -0.3 is 4.90 Å². The molecule has 0 amide bonds. The van der Waals surface area contributed by atoms with Crippen molar-refractivity contribution in [3.05, 3.63) is 22.3 Å². The van der Waals surface area contributed by atoms with Crippen molar-refractivity contribution in [2.45, 2.75) is 44.6 Å². The number of halogens is 1. The van der Waals surface area contributed by atoms with Gasteiger partial charge >= 0.3 is 0 Å². The number of rotatable bonds is 4. The van der Waals surface area contributed by atoms with Gasteiger partial charge in [-0.1, -0.05) is 0 Å². The van der Waals surface area contributed by atoms with Crippen LogP contribution in [-0.2, 0) is 0 Å². The number of hydrogen-bond acceptors (Lipinski definition) is 3. The van der Waals surface area contributed by atoms with Crippen molar-refractivity contribution < 1.29 is 0 Å². The summed E-state index contributed by atoms with van der Waals surface area (Å²) in [5, 5.41) is 0. The van der Waals surface area contributed by atoms with Crippen LogP contribution in [-0.4, -0.2) is 42.1 Å². The number of nitrogens with zero attached hydrogens (tertiary/aromatic N) is 3. The summed E-state index contributed by atoms with van der Waals surface area (Å²) in [4.78, 5) is 10.1. The van der Waals surface area contributed by atoms with E-state index in [-0.39, 0.29) is 0 Å². The van der Waals surface area contributed by atoms with Gasteiger partial charge in [-0.05, 0) is 66.6 Å². The molecule has 1 saturated heterocycles. The lowest BCUT2D eigenvalue weighted by molar-refractivity contribution is 0.220. The molecule has 0 radical (unpaired) electrons. The fourth-order valence-corrected chi connectivity index (χ4v) is 4.00. The van der Waals surface area contributed by atoms with Crippen LogP contribution >= 0.6 is 15.9 Å². The minimum absolute atomic E-state index is 0.568. The van der Waals surface area contributed by atoms with Gasteiger partial charge in [0.05, 0.1) is 5.69 Å². The summed E-state index contributed by atoms with van der Waals surface area (Å²) in [7, 11) is 0. The Morgan fingerprint density at radius 3 is 2.67 bits per heavy atom. The van der Waals surface area contributed by atoms with Crippen molar-refractivity contribution in [2.24, 2.45) is 5.92 Å². The lowest BCUT2D eigenvalue weighted by Crippen LogP contribution is -2.52. The molecule has 114 valence electrons. The van der Waals surface area contributed by atoms with E-state index in [9.17, 15) is 0 Å². The zero-order valence-corrected chi connectivity index (χ0v) is 14.3. The molecule has 4 rings (SSSR count). The number of aromatic nitrogens is 1. The number of piperazine rings is 1. The van der Waals surface area contributed by atoms with E-state index in [2.05, 4.69) is 44.8 Å². The summed E-state index contributed by atoms with van der Waals surface area (Å²) in [6.45, 7) is 7.16. The predicted molar refractivity (Wildman–Crippen MR) is 89.9 cm³/mol. The van der Waals surface area contributed by atoms with Gasteiger partial charge in [0.1, 0.15) is 5.82 Å². The van der Waals surface area contributed by atoms with Crippen molar-refractivity contribution in [1.29, 1.82) is 0 Å². The highest BCUT2D eigenvalue weighted by atomic mass is 79.9. The fourth-order valence-electron chi connectivity index (χ4n) is 3.45. The Hall–Kier alpha value is -0.610. The predicted octanol–water partition coefficient (Wildman–Crippen LogP) is 3.64. The smallest absolute Gasteiger partial charge is 0.129 e. The summed E-state index contributed by atoms with van der Waals surface area (Å²) in [5.74, 6) is 2.88. The first-order valence-corrected chi connectivity index (χ1v) is 9.15. The van der Waals surface area contributed by atoms with Crippen molar-refractivity contribution in [2.75, 3.05) is 31.1 Å². The topological polar surface area (TPSA) is 19.4 Å². The van der Waals surface area contributed by atoms with Crippen LogP contribution < -0.4 is 4.90 Å². The third-order valence-electron chi connectivity index (χ3n) is 5.04. The van der Waals surface area contributed by atoms with E-state index >= 15 is 0 Å². The van der Waals surface area contributed by atoms with Gasteiger partial charge in [-0.25, -0.2) is 4.98 Å². The molecule has 3 aliphatic rings. The number of pyridine rings is 1. The Kier molecular flexibility index (Phi) is 3.70. The van der Waals surface area contributed by atoms with Crippen LogP contribution in [0.15, 0.2) is 16.6 Å². The highest BCUT2D eigenvalue weighted by Crippen LogP contribution is 2.43. The van der Waals surface area contributed by atoms with Gasteiger partial charge in [0.25, 0.3) is 0 Å². The zero-order chi connectivity index (χ0) is 14.4. The molecule has 3 nitrogen and oxygen atoms in total. The molecule has 1 aliphatic heterocycles. The molecule has 21 heavy (non-hydrogen) atoms. The van der Waals surface area contributed by atoms with E-state index < -0.39 is 0 Å². The van der Waals surface area contributed by atoms with Gasteiger partial charge in [0.2, 0.25) is 0 Å². The molecule has 0 bridgehead atoms. The highest BCUT2D eigenvalue weighted by molar-refractivity contribution is 9.10. The minimum atomic E-state index is 0.568. The number of anilines is 1. The van der Waals surface area contributed by atoms with E-state index in [0.717, 1.165) is 12.5 Å². The van der Waals surface area contributed by atoms with Crippen molar-refractivity contribution in [1.82, 2.24) is 9.88 Å². The van der Waals surface area contributed by atoms with E-state index in [0.29, 0.717) is 12.0 Å². The van der Waals surface area contributed by atoms with Gasteiger partial charge in [0.15, 0.2) is 0 Å². The minimum Gasteiger partial charge on any atom is -0.351 e. The van der Waals surface area contributed by atoms with Crippen molar-refractivity contribution >= 4 is 21.7 Å². The first kappa shape index (κ1) is 14.0. The molecule has 1 aromatic rings. The molecule has 1 unspecified atom stereocenters. The molecular formula is C17H24BrN3. The van der Waals surface area contributed by atoms with Gasteiger partial charge in [-0.15, -0.1) is 0 Å². The average molecular weight is 350 g/mol. The van der Waals surface area contributed by atoms with Crippen LogP contribution in [0, 0.1) is 5.92 Å². The van der Waals surface area contributed by atoms with E-state index in [1.807, 2.05) is 0 Å². The Labute approximate surface area is 135 Å². The van der Waals surface area contributed by atoms with Crippen LogP contribution in [0.3, 0.4) is 0 Å². The summed E-state index contributed by atoms with van der Waals surface area (Å²) in [6.07, 6.45) is 5.51. The second-order valence-electron chi connectivity index (χ2n) is 7.06. The molecule has 3 fully saturated rings. The summed E-state index contributed by atoms with van der Waals surface area (Å²) in [5.41, 5.74) is 1.28. The van der Waals surface area contributed by atoms with Gasteiger partial charge in [-0.3, -0.25) is 4.90 Å². The monoisotopic (exact) mass is 349 g/mol. The average Bonchev–Trinajstić information content (AvgIpc) is 3.34. The van der Waals surface area contributed by atoms with Crippen LogP contribution in [0.2, 0.25) is 0 Å². The van der Waals surface area contributed by atoms with Crippen LogP contribution in [0.5, 0.6) is 0 Å². The molecular weight excluding hydrogens is 326 g/mol. The molecule has 4 heteroatoms.